The number of aliphatic hydroxyl groups excluding tert-OH is 1. The zero-order chi connectivity index (χ0) is 22.6. The Morgan fingerprint density at radius 3 is 2.17 bits per heavy atom. The largest absolute Gasteiger partial charge is 0.480 e. The molecule has 0 aromatic carbocycles. The van der Waals surface area contributed by atoms with Gasteiger partial charge < -0.3 is 37.6 Å². The van der Waals surface area contributed by atoms with Crippen molar-refractivity contribution in [3.63, 3.8) is 0 Å². The van der Waals surface area contributed by atoms with Crippen molar-refractivity contribution in [3.8, 4) is 0 Å². The van der Waals surface area contributed by atoms with Crippen LogP contribution in [0.1, 0.15) is 26.2 Å². The van der Waals surface area contributed by atoms with E-state index in [9.17, 15) is 29.1 Å². The number of thioether (sulfide) groups is 1. The molecule has 0 aliphatic rings. The van der Waals surface area contributed by atoms with Gasteiger partial charge >= 0.3 is 5.97 Å². The summed E-state index contributed by atoms with van der Waals surface area (Å²) in [6.07, 6.45) is 0.607. The van der Waals surface area contributed by atoms with Crippen molar-refractivity contribution in [1.82, 2.24) is 16.0 Å². The summed E-state index contributed by atoms with van der Waals surface area (Å²) in [7, 11) is 0. The van der Waals surface area contributed by atoms with Crippen LogP contribution in [0.2, 0.25) is 0 Å². The summed E-state index contributed by atoms with van der Waals surface area (Å²) < 4.78 is 0. The van der Waals surface area contributed by atoms with E-state index >= 15 is 0 Å². The molecule has 0 radical (unpaired) electrons. The molecule has 29 heavy (non-hydrogen) atoms. The van der Waals surface area contributed by atoms with Crippen LogP contribution in [0.4, 0.5) is 0 Å². The predicted molar refractivity (Wildman–Crippen MR) is 106 cm³/mol. The summed E-state index contributed by atoms with van der Waals surface area (Å²) in [5, 5.41) is 25.4. The number of nitrogens with one attached hydrogen (secondary N) is 3. The minimum Gasteiger partial charge on any atom is -0.480 e. The summed E-state index contributed by atoms with van der Waals surface area (Å²) in [5.74, 6) is -3.65. The molecular formula is C16H29N5O7S. The van der Waals surface area contributed by atoms with Gasteiger partial charge in [-0.1, -0.05) is 0 Å². The second-order valence-corrected chi connectivity index (χ2v) is 7.28. The molecule has 4 amide bonds. The number of amides is 4. The van der Waals surface area contributed by atoms with E-state index in [2.05, 4.69) is 16.0 Å². The van der Waals surface area contributed by atoms with Gasteiger partial charge in [-0.25, -0.2) is 4.79 Å². The molecule has 0 aromatic heterocycles. The molecule has 9 N–H and O–H groups in total. The van der Waals surface area contributed by atoms with Gasteiger partial charge in [-0.2, -0.15) is 11.8 Å². The highest BCUT2D eigenvalue weighted by Crippen LogP contribution is 2.03. The Balaban J connectivity index is 4.77. The molecule has 4 unspecified atom stereocenters. The lowest BCUT2D eigenvalue weighted by Gasteiger charge is -2.22. The first kappa shape index (κ1) is 26.6. The van der Waals surface area contributed by atoms with Crippen molar-refractivity contribution in [1.29, 1.82) is 0 Å². The van der Waals surface area contributed by atoms with Gasteiger partial charge in [-0.3, -0.25) is 19.2 Å². The van der Waals surface area contributed by atoms with Crippen molar-refractivity contribution in [3.05, 3.63) is 0 Å². The van der Waals surface area contributed by atoms with Gasteiger partial charge in [0, 0.05) is 6.42 Å². The molecular weight excluding hydrogens is 406 g/mol. The Kier molecular flexibility index (Phi) is 12.6. The van der Waals surface area contributed by atoms with E-state index in [0.717, 1.165) is 0 Å². The van der Waals surface area contributed by atoms with Gasteiger partial charge in [-0.15, -0.1) is 0 Å². The fourth-order valence-electron chi connectivity index (χ4n) is 2.12. The average molecular weight is 436 g/mol. The Labute approximate surface area is 172 Å². The molecule has 0 aliphatic heterocycles. The molecule has 0 fully saturated rings. The maximum absolute atomic E-state index is 12.3. The average Bonchev–Trinajstić information content (AvgIpc) is 2.64. The van der Waals surface area contributed by atoms with Crippen LogP contribution in [0.15, 0.2) is 0 Å². The second kappa shape index (κ2) is 13.7. The third-order valence-corrected chi connectivity index (χ3v) is 4.41. The quantitative estimate of drug-likeness (QED) is 0.147. The van der Waals surface area contributed by atoms with E-state index in [1.807, 2.05) is 0 Å². The minimum atomic E-state index is -1.53. The van der Waals surface area contributed by atoms with Crippen LogP contribution in [0.25, 0.3) is 0 Å². The van der Waals surface area contributed by atoms with Crippen LogP contribution in [-0.4, -0.2) is 82.6 Å². The number of carbonyl (C=O) groups is 5. The monoisotopic (exact) mass is 435 g/mol. The van der Waals surface area contributed by atoms with Gasteiger partial charge in [-0.05, 0) is 31.8 Å². The third-order valence-electron chi connectivity index (χ3n) is 3.77. The number of aliphatic hydroxyl groups is 1. The number of carboxylic acids is 1. The van der Waals surface area contributed by atoms with Gasteiger partial charge in [0.25, 0.3) is 0 Å². The molecule has 0 heterocycles. The first-order chi connectivity index (χ1) is 13.5. The Morgan fingerprint density at radius 2 is 1.69 bits per heavy atom. The second-order valence-electron chi connectivity index (χ2n) is 6.30. The topological polar surface area (TPSA) is 214 Å². The van der Waals surface area contributed by atoms with Crippen molar-refractivity contribution in [2.24, 2.45) is 11.5 Å². The highest BCUT2D eigenvalue weighted by atomic mass is 32.2. The number of carboxylic acid groups (broad SMARTS) is 1. The molecule has 4 atom stereocenters. The van der Waals surface area contributed by atoms with E-state index < -0.39 is 60.4 Å². The molecule has 0 bridgehead atoms. The SMILES string of the molecule is CSCCC(NC(=O)CNC(=O)C(N)CCC(N)=O)C(=O)NC(C(=O)O)C(C)O. The standard InChI is InChI=1S/C16H29N5O7S/c1-8(22)13(16(27)28)21-15(26)10(5-6-29-2)20-12(24)7-19-14(25)9(17)3-4-11(18)23/h8-10,13,22H,3-7,17H2,1-2H3,(H2,18,23)(H,19,25)(H,20,24)(H,21,26)(H,27,28). The zero-order valence-electron chi connectivity index (χ0n) is 16.3. The molecule has 0 saturated carbocycles. The van der Waals surface area contributed by atoms with Crippen LogP contribution < -0.4 is 27.4 Å². The number of rotatable bonds is 14. The lowest BCUT2D eigenvalue weighted by Crippen LogP contribution is -2.56. The molecule has 0 rings (SSSR count). The molecule has 0 aromatic rings. The molecule has 166 valence electrons. The lowest BCUT2D eigenvalue weighted by atomic mass is 10.1. The number of nitrogens with two attached hydrogens (primary N) is 2. The van der Waals surface area contributed by atoms with Crippen LogP contribution in [0.3, 0.4) is 0 Å². The van der Waals surface area contributed by atoms with Crippen LogP contribution in [-0.2, 0) is 24.0 Å². The number of aliphatic carboxylic acids is 1. The smallest absolute Gasteiger partial charge is 0.328 e. The van der Waals surface area contributed by atoms with Gasteiger partial charge in [0.05, 0.1) is 18.7 Å². The summed E-state index contributed by atoms with van der Waals surface area (Å²) >= 11 is 1.41. The summed E-state index contributed by atoms with van der Waals surface area (Å²) in [4.78, 5) is 58.0. The zero-order valence-corrected chi connectivity index (χ0v) is 17.2. The Bertz CT molecular complexity index is 602. The van der Waals surface area contributed by atoms with E-state index in [1.54, 1.807) is 6.26 Å². The number of hydrogen-bond acceptors (Lipinski definition) is 8. The summed E-state index contributed by atoms with van der Waals surface area (Å²) in [6, 6.07) is -3.61. The summed E-state index contributed by atoms with van der Waals surface area (Å²) in [6.45, 7) is 0.746. The number of carbonyl (C=O) groups excluding carboxylic acids is 4. The Hall–Kier alpha value is -2.38. The molecule has 13 heteroatoms. The van der Waals surface area contributed by atoms with E-state index in [4.69, 9.17) is 16.6 Å². The van der Waals surface area contributed by atoms with Crippen LogP contribution >= 0.6 is 11.8 Å². The summed E-state index contributed by atoms with van der Waals surface area (Å²) in [5.41, 5.74) is 10.6. The molecule has 0 spiro atoms. The van der Waals surface area contributed by atoms with E-state index in [1.165, 1.54) is 18.7 Å². The lowest BCUT2D eigenvalue weighted by molar-refractivity contribution is -0.145. The van der Waals surface area contributed by atoms with Crippen molar-refractivity contribution in [2.75, 3.05) is 18.6 Å². The normalized spacial score (nSPS) is 14.8. The molecule has 0 aliphatic carbocycles. The third kappa shape index (κ3) is 11.3. The van der Waals surface area contributed by atoms with Crippen LogP contribution in [0, 0.1) is 0 Å². The first-order valence-electron chi connectivity index (χ1n) is 8.80. The van der Waals surface area contributed by atoms with Crippen LogP contribution in [0.5, 0.6) is 0 Å². The maximum atomic E-state index is 12.3. The molecule has 12 nitrogen and oxygen atoms in total. The molecule has 0 saturated heterocycles. The van der Waals surface area contributed by atoms with Crippen molar-refractivity contribution >= 4 is 41.4 Å². The minimum absolute atomic E-state index is 0.0253. The van der Waals surface area contributed by atoms with Gasteiger partial charge in [0.2, 0.25) is 23.6 Å². The van der Waals surface area contributed by atoms with Crippen molar-refractivity contribution < 1.29 is 34.2 Å². The first-order valence-corrected chi connectivity index (χ1v) is 10.2. The highest BCUT2D eigenvalue weighted by molar-refractivity contribution is 7.98. The van der Waals surface area contributed by atoms with Gasteiger partial charge in [0.15, 0.2) is 6.04 Å². The van der Waals surface area contributed by atoms with E-state index in [0.29, 0.717) is 5.75 Å². The van der Waals surface area contributed by atoms with Gasteiger partial charge in [0.1, 0.15) is 6.04 Å². The highest BCUT2D eigenvalue weighted by Gasteiger charge is 2.29. The Morgan fingerprint density at radius 1 is 1.07 bits per heavy atom. The number of hydrogen-bond donors (Lipinski definition) is 7. The number of primary amides is 1. The van der Waals surface area contributed by atoms with Crippen molar-refractivity contribution in [2.45, 2.75) is 50.4 Å². The predicted octanol–water partition coefficient (Wildman–Crippen LogP) is -3.12. The van der Waals surface area contributed by atoms with E-state index in [-0.39, 0.29) is 19.3 Å². The fraction of sp³-hybridized carbons (Fsp3) is 0.688. The maximum Gasteiger partial charge on any atom is 0.328 e. The fourth-order valence-corrected chi connectivity index (χ4v) is 2.59.